The fourth-order valence-electron chi connectivity index (χ4n) is 8.60. The van der Waals surface area contributed by atoms with Gasteiger partial charge in [-0.3, -0.25) is 9.69 Å². The Morgan fingerprint density at radius 3 is 2.61 bits per heavy atom. The van der Waals surface area contributed by atoms with E-state index in [-0.39, 0.29) is 80.1 Å². The number of thiophene rings is 1. The molecule has 266 valence electrons. The van der Waals surface area contributed by atoms with Crippen LogP contribution in [0.2, 0.25) is 5.02 Å². The molecule has 51 heavy (non-hydrogen) atoms. The first-order valence-electron chi connectivity index (χ1n) is 17.0. The van der Waals surface area contributed by atoms with E-state index in [1.807, 2.05) is 11.0 Å². The molecule has 10 nitrogen and oxygen atoms in total. The summed E-state index contributed by atoms with van der Waals surface area (Å²) in [6, 6.07) is 6.11. The summed E-state index contributed by atoms with van der Waals surface area (Å²) >= 11 is 7.77. The average Bonchev–Trinajstić information content (AvgIpc) is 3.40. The number of carbonyl (C=O) groups excluding carboxylic acids is 1. The minimum atomic E-state index is -2.96. The van der Waals surface area contributed by atoms with Crippen LogP contribution in [0.1, 0.15) is 37.7 Å². The third-order valence-corrected chi connectivity index (χ3v) is 12.6. The number of hydrogen-bond acceptors (Lipinski definition) is 10. The Morgan fingerprint density at radius 1 is 1.16 bits per heavy atom. The summed E-state index contributed by atoms with van der Waals surface area (Å²) in [7, 11) is 0. The molecule has 5 aliphatic rings. The molecule has 1 atom stereocenters. The standard InChI is InChI=1S/C35H32ClF4N7O3S/c36-22-11-19-27(26(38)25(22)18-3-4-23(37)28-24(18)20(13-41)29(42)51-28)43-32(49-17-33-5-1-7-47(33)8-2-6-33)44-30(19)45-9-10-50-34(14-45)15-46(16-34)31(48)21-12-35(21,39)40/h3-4,11,21H,1-2,5-10,12,14-17,42H2/t21-/m1/s1. The zero-order valence-corrected chi connectivity index (χ0v) is 28.9. The van der Waals surface area contributed by atoms with Gasteiger partial charge in [0.1, 0.15) is 46.3 Å². The highest BCUT2D eigenvalue weighted by molar-refractivity contribution is 7.23. The maximum Gasteiger partial charge on any atom is 0.319 e. The third-order valence-electron chi connectivity index (χ3n) is 11.3. The van der Waals surface area contributed by atoms with Gasteiger partial charge in [0.2, 0.25) is 5.91 Å². The molecule has 0 radical (unpaired) electrons. The Balaban J connectivity index is 1.13. The van der Waals surface area contributed by atoms with Crippen molar-refractivity contribution in [3.8, 4) is 23.2 Å². The first-order chi connectivity index (χ1) is 24.4. The molecule has 4 aromatic rings. The SMILES string of the molecule is N#Cc1c(N)sc2c(F)ccc(-c3c(Cl)cc4c(N5CCOC6(CN(C(=O)[C@H]7CC7(F)F)C6)C5)nc(OCC56CCCN5CCC6)nc4c3F)c12. The number of nitrogens with zero attached hydrogens (tertiary/aromatic N) is 6. The molecule has 0 unspecified atom stereocenters. The van der Waals surface area contributed by atoms with Crippen molar-refractivity contribution in [1.29, 1.82) is 5.26 Å². The Hall–Kier alpha value is -3.97. The Bertz CT molecular complexity index is 2180. The van der Waals surface area contributed by atoms with Crippen LogP contribution in [0.25, 0.3) is 32.1 Å². The number of hydrogen-bond donors (Lipinski definition) is 1. The van der Waals surface area contributed by atoms with Gasteiger partial charge in [0.25, 0.3) is 5.92 Å². The zero-order valence-electron chi connectivity index (χ0n) is 27.3. The van der Waals surface area contributed by atoms with Crippen LogP contribution in [0, 0.1) is 28.9 Å². The van der Waals surface area contributed by atoms with E-state index in [1.165, 1.54) is 17.0 Å². The van der Waals surface area contributed by atoms with Crippen molar-refractivity contribution < 1.29 is 31.8 Å². The lowest BCUT2D eigenvalue weighted by Crippen LogP contribution is -2.71. The fourth-order valence-corrected chi connectivity index (χ4v) is 9.85. The largest absolute Gasteiger partial charge is 0.461 e. The lowest BCUT2D eigenvalue weighted by atomic mass is 9.91. The second kappa shape index (κ2) is 11.5. The number of carbonyl (C=O) groups is 1. The van der Waals surface area contributed by atoms with Crippen LogP contribution < -0.4 is 15.4 Å². The maximum atomic E-state index is 17.1. The zero-order chi connectivity index (χ0) is 35.4. The van der Waals surface area contributed by atoms with E-state index < -0.39 is 41.4 Å². The summed E-state index contributed by atoms with van der Waals surface area (Å²) < 4.78 is 71.9. The minimum absolute atomic E-state index is 0.0136. The third kappa shape index (κ3) is 5.12. The number of aromatic nitrogens is 2. The summed E-state index contributed by atoms with van der Waals surface area (Å²) in [5, 5.41) is 10.4. The van der Waals surface area contributed by atoms with Gasteiger partial charge in [-0.05, 0) is 56.5 Å². The number of ether oxygens (including phenoxy) is 2. The van der Waals surface area contributed by atoms with Crippen molar-refractivity contribution in [2.24, 2.45) is 5.92 Å². The van der Waals surface area contributed by atoms with Gasteiger partial charge in [0, 0.05) is 29.3 Å². The second-order valence-electron chi connectivity index (χ2n) is 14.4. The quantitative estimate of drug-likeness (QED) is 0.238. The Labute approximate surface area is 298 Å². The highest BCUT2D eigenvalue weighted by atomic mass is 35.5. The summed E-state index contributed by atoms with van der Waals surface area (Å²) in [5.41, 5.74) is 5.18. The van der Waals surface area contributed by atoms with Gasteiger partial charge < -0.3 is 25.0 Å². The number of halogens is 5. The summed E-state index contributed by atoms with van der Waals surface area (Å²) in [5.74, 6) is -5.88. The van der Waals surface area contributed by atoms with E-state index in [0.717, 1.165) is 50.1 Å². The van der Waals surface area contributed by atoms with E-state index >= 15 is 4.39 Å². The van der Waals surface area contributed by atoms with Gasteiger partial charge >= 0.3 is 6.01 Å². The number of morpholine rings is 1. The Kier molecular flexibility index (Phi) is 7.43. The first-order valence-corrected chi connectivity index (χ1v) is 18.2. The smallest absolute Gasteiger partial charge is 0.319 e. The van der Waals surface area contributed by atoms with Gasteiger partial charge in [-0.15, -0.1) is 11.3 Å². The molecule has 4 aliphatic heterocycles. The van der Waals surface area contributed by atoms with Crippen LogP contribution in [0.5, 0.6) is 6.01 Å². The highest BCUT2D eigenvalue weighted by Crippen LogP contribution is 2.51. The molecule has 6 heterocycles. The molecular weight excluding hydrogens is 710 g/mol. The molecule has 9 rings (SSSR count). The van der Waals surface area contributed by atoms with Crippen LogP contribution >= 0.6 is 22.9 Å². The molecule has 1 aliphatic carbocycles. The molecular formula is C35H32ClF4N7O3S. The Morgan fingerprint density at radius 2 is 1.90 bits per heavy atom. The average molecular weight is 742 g/mol. The number of nitriles is 1. The van der Waals surface area contributed by atoms with Gasteiger partial charge in [-0.25, -0.2) is 17.6 Å². The number of amides is 1. The summed E-state index contributed by atoms with van der Waals surface area (Å²) in [6.07, 6.45) is 3.62. The fraction of sp³-hybridized carbons (Fsp3) is 0.486. The van der Waals surface area contributed by atoms with Crippen molar-refractivity contribution in [3.63, 3.8) is 0 Å². The number of fused-ring (bicyclic) bond motifs is 3. The lowest BCUT2D eigenvalue weighted by molar-refractivity contribution is -0.174. The van der Waals surface area contributed by atoms with Gasteiger partial charge in [0.05, 0.1) is 47.1 Å². The van der Waals surface area contributed by atoms with E-state index in [2.05, 4.69) is 9.88 Å². The van der Waals surface area contributed by atoms with Crippen molar-refractivity contribution in [3.05, 3.63) is 40.4 Å². The maximum absolute atomic E-state index is 17.1. The summed E-state index contributed by atoms with van der Waals surface area (Å²) in [6.45, 7) is 3.45. The topological polar surface area (TPSA) is 121 Å². The molecule has 2 aromatic heterocycles. The number of rotatable bonds is 6. The van der Waals surface area contributed by atoms with E-state index in [4.69, 9.17) is 31.8 Å². The van der Waals surface area contributed by atoms with Crippen LogP contribution in [-0.4, -0.2) is 95.2 Å². The van der Waals surface area contributed by atoms with Crippen LogP contribution in [0.3, 0.4) is 0 Å². The molecule has 5 fully saturated rings. The van der Waals surface area contributed by atoms with E-state index in [0.29, 0.717) is 24.4 Å². The number of nitrogens with two attached hydrogens (primary N) is 1. The molecule has 1 amide bonds. The van der Waals surface area contributed by atoms with Gasteiger partial charge in [0.15, 0.2) is 5.82 Å². The number of benzene rings is 2. The number of likely N-dealkylation sites (tertiary alicyclic amines) is 1. The number of alkyl halides is 2. The molecule has 0 bridgehead atoms. The van der Waals surface area contributed by atoms with Crippen LogP contribution in [0.4, 0.5) is 28.4 Å². The predicted molar refractivity (Wildman–Crippen MR) is 183 cm³/mol. The van der Waals surface area contributed by atoms with Crippen molar-refractivity contribution in [1.82, 2.24) is 19.8 Å². The molecule has 1 saturated carbocycles. The highest BCUT2D eigenvalue weighted by Gasteiger charge is 2.64. The summed E-state index contributed by atoms with van der Waals surface area (Å²) in [4.78, 5) is 27.8. The van der Waals surface area contributed by atoms with Crippen molar-refractivity contribution in [2.75, 3.05) is 63.1 Å². The number of nitrogen functional groups attached to an aromatic ring is 1. The van der Waals surface area contributed by atoms with Crippen LogP contribution in [0.15, 0.2) is 18.2 Å². The molecule has 2 N–H and O–H groups in total. The number of anilines is 2. The first kappa shape index (κ1) is 32.9. The van der Waals surface area contributed by atoms with Gasteiger partial charge in [-0.2, -0.15) is 15.2 Å². The minimum Gasteiger partial charge on any atom is -0.461 e. The van der Waals surface area contributed by atoms with Crippen LogP contribution in [-0.2, 0) is 9.53 Å². The van der Waals surface area contributed by atoms with Crippen molar-refractivity contribution >= 4 is 60.7 Å². The molecule has 4 saturated heterocycles. The molecule has 1 spiro atoms. The molecule has 16 heteroatoms. The normalized spacial score (nSPS) is 23.1. The van der Waals surface area contributed by atoms with E-state index in [9.17, 15) is 23.2 Å². The van der Waals surface area contributed by atoms with Gasteiger partial charge in [-0.1, -0.05) is 17.7 Å². The second-order valence-corrected chi connectivity index (χ2v) is 15.9. The molecule has 2 aromatic carbocycles. The predicted octanol–water partition coefficient (Wildman–Crippen LogP) is 5.98. The van der Waals surface area contributed by atoms with E-state index in [1.54, 1.807) is 6.07 Å². The van der Waals surface area contributed by atoms with Crippen molar-refractivity contribution in [2.45, 2.75) is 49.2 Å². The monoisotopic (exact) mass is 741 g/mol. The lowest BCUT2D eigenvalue weighted by Gasteiger charge is -2.54.